The Hall–Kier alpha value is -0.340. The first-order chi connectivity index (χ1) is 10.3. The molecule has 0 aromatic heterocycles. The van der Waals surface area contributed by atoms with E-state index < -0.39 is 0 Å². The predicted molar refractivity (Wildman–Crippen MR) is 93.4 cm³/mol. The third kappa shape index (κ3) is 3.90. The quantitative estimate of drug-likeness (QED) is 0.726. The topological polar surface area (TPSA) is 12.0 Å². The van der Waals surface area contributed by atoms with E-state index >= 15 is 0 Å². The van der Waals surface area contributed by atoms with Crippen LogP contribution in [0.15, 0.2) is 28.7 Å². The molecule has 2 saturated carbocycles. The molecule has 2 heteroatoms. The summed E-state index contributed by atoms with van der Waals surface area (Å²) >= 11 is 3.72. The Morgan fingerprint density at radius 3 is 2.76 bits per heavy atom. The zero-order chi connectivity index (χ0) is 14.7. The third-order valence-electron chi connectivity index (χ3n) is 5.67. The van der Waals surface area contributed by atoms with Crippen molar-refractivity contribution in [2.24, 2.45) is 23.7 Å². The summed E-state index contributed by atoms with van der Waals surface area (Å²) in [6, 6.07) is 8.74. The molecule has 0 heterocycles. The summed E-state index contributed by atoms with van der Waals surface area (Å²) in [4.78, 5) is 0. The minimum absolute atomic E-state index is 0.785. The molecule has 2 fully saturated rings. The molecular weight excluding hydrogens is 322 g/mol. The van der Waals surface area contributed by atoms with Crippen molar-refractivity contribution in [2.75, 3.05) is 13.1 Å². The molecule has 0 amide bonds. The van der Waals surface area contributed by atoms with Crippen LogP contribution in [0.2, 0.25) is 0 Å². The average Bonchev–Trinajstić information content (AvgIpc) is 3.09. The summed E-state index contributed by atoms with van der Waals surface area (Å²) in [7, 11) is 0. The van der Waals surface area contributed by atoms with Crippen LogP contribution >= 0.6 is 15.9 Å². The standard InChI is InChI=1S/C19H28BrN/c1-2-21-13-15(11-17-5-3-4-6-19(17)20)12-18-10-14-7-8-16(18)9-14/h3-6,14-16,18,21H,2,7-13H2,1H3. The van der Waals surface area contributed by atoms with Crippen molar-refractivity contribution in [3.05, 3.63) is 34.3 Å². The third-order valence-corrected chi connectivity index (χ3v) is 6.44. The van der Waals surface area contributed by atoms with E-state index in [-0.39, 0.29) is 0 Å². The van der Waals surface area contributed by atoms with E-state index in [9.17, 15) is 0 Å². The molecule has 0 radical (unpaired) electrons. The molecule has 4 atom stereocenters. The first kappa shape index (κ1) is 15.6. The van der Waals surface area contributed by atoms with E-state index in [2.05, 4.69) is 52.4 Å². The van der Waals surface area contributed by atoms with Gasteiger partial charge >= 0.3 is 0 Å². The van der Waals surface area contributed by atoms with Gasteiger partial charge in [0.05, 0.1) is 0 Å². The van der Waals surface area contributed by atoms with Crippen LogP contribution in [0, 0.1) is 23.7 Å². The van der Waals surface area contributed by atoms with E-state index in [1.54, 1.807) is 0 Å². The highest BCUT2D eigenvalue weighted by Gasteiger charge is 2.39. The lowest BCUT2D eigenvalue weighted by Crippen LogP contribution is -2.27. The molecule has 2 aliphatic rings. The Labute approximate surface area is 138 Å². The Kier molecular flexibility index (Phi) is 5.39. The minimum Gasteiger partial charge on any atom is -0.317 e. The Balaban J connectivity index is 1.62. The lowest BCUT2D eigenvalue weighted by Gasteiger charge is -2.27. The van der Waals surface area contributed by atoms with Gasteiger partial charge in [-0.3, -0.25) is 0 Å². The summed E-state index contributed by atoms with van der Waals surface area (Å²) < 4.78 is 1.28. The maximum absolute atomic E-state index is 3.72. The fourth-order valence-electron chi connectivity index (χ4n) is 4.66. The molecule has 3 rings (SSSR count). The number of fused-ring (bicyclic) bond motifs is 2. The van der Waals surface area contributed by atoms with Crippen molar-refractivity contribution in [3.8, 4) is 0 Å². The first-order valence-corrected chi connectivity index (χ1v) is 9.49. The number of hydrogen-bond donors (Lipinski definition) is 1. The highest BCUT2D eigenvalue weighted by Crippen LogP contribution is 2.50. The molecule has 116 valence electrons. The van der Waals surface area contributed by atoms with E-state index in [0.29, 0.717) is 0 Å². The normalized spacial score (nSPS) is 29.0. The molecule has 1 aromatic rings. The lowest BCUT2D eigenvalue weighted by atomic mass is 9.80. The number of rotatable bonds is 7. The van der Waals surface area contributed by atoms with Crippen LogP contribution in [0.25, 0.3) is 0 Å². The van der Waals surface area contributed by atoms with Crippen molar-refractivity contribution in [3.63, 3.8) is 0 Å². The molecule has 2 bridgehead atoms. The predicted octanol–water partition coefficient (Wildman–Crippen LogP) is 5.04. The molecule has 4 unspecified atom stereocenters. The van der Waals surface area contributed by atoms with Crippen molar-refractivity contribution in [2.45, 2.75) is 45.4 Å². The molecule has 1 N–H and O–H groups in total. The summed E-state index contributed by atoms with van der Waals surface area (Å²) in [5, 5.41) is 3.59. The van der Waals surface area contributed by atoms with Gasteiger partial charge in [0.2, 0.25) is 0 Å². The van der Waals surface area contributed by atoms with Gasteiger partial charge in [-0.05, 0) is 80.5 Å². The number of nitrogens with one attached hydrogen (secondary N) is 1. The fraction of sp³-hybridized carbons (Fsp3) is 0.684. The van der Waals surface area contributed by atoms with Crippen molar-refractivity contribution >= 4 is 15.9 Å². The zero-order valence-electron chi connectivity index (χ0n) is 13.2. The van der Waals surface area contributed by atoms with Crippen LogP contribution < -0.4 is 5.32 Å². The van der Waals surface area contributed by atoms with Crippen molar-refractivity contribution in [1.29, 1.82) is 0 Å². The largest absolute Gasteiger partial charge is 0.317 e. The minimum atomic E-state index is 0.785. The monoisotopic (exact) mass is 349 g/mol. The fourth-order valence-corrected chi connectivity index (χ4v) is 5.10. The van der Waals surface area contributed by atoms with E-state index in [0.717, 1.165) is 30.2 Å². The van der Waals surface area contributed by atoms with E-state index in [1.165, 1.54) is 55.1 Å². The van der Waals surface area contributed by atoms with Crippen LogP contribution in [0.4, 0.5) is 0 Å². The first-order valence-electron chi connectivity index (χ1n) is 8.70. The van der Waals surface area contributed by atoms with Crippen molar-refractivity contribution in [1.82, 2.24) is 5.32 Å². The van der Waals surface area contributed by atoms with Gasteiger partial charge in [0.15, 0.2) is 0 Å². The molecule has 0 spiro atoms. The molecule has 0 aliphatic heterocycles. The van der Waals surface area contributed by atoms with Crippen LogP contribution in [-0.2, 0) is 6.42 Å². The Bertz CT molecular complexity index is 459. The maximum Gasteiger partial charge on any atom is 0.0207 e. The lowest BCUT2D eigenvalue weighted by molar-refractivity contribution is 0.262. The van der Waals surface area contributed by atoms with Crippen LogP contribution in [0.3, 0.4) is 0 Å². The van der Waals surface area contributed by atoms with Gasteiger partial charge in [-0.2, -0.15) is 0 Å². The highest BCUT2D eigenvalue weighted by atomic mass is 79.9. The van der Waals surface area contributed by atoms with Crippen molar-refractivity contribution < 1.29 is 0 Å². The second kappa shape index (κ2) is 7.28. The van der Waals surface area contributed by atoms with E-state index in [1.807, 2.05) is 0 Å². The van der Waals surface area contributed by atoms with Gasteiger partial charge in [-0.25, -0.2) is 0 Å². The van der Waals surface area contributed by atoms with Gasteiger partial charge in [-0.15, -0.1) is 0 Å². The summed E-state index contributed by atoms with van der Waals surface area (Å²) in [6.07, 6.45) is 8.72. The molecule has 1 aromatic carbocycles. The molecular formula is C19H28BrN. The Morgan fingerprint density at radius 2 is 2.10 bits per heavy atom. The number of halogens is 1. The summed E-state index contributed by atoms with van der Waals surface area (Å²) in [6.45, 7) is 4.47. The maximum atomic E-state index is 3.72. The molecule has 0 saturated heterocycles. The van der Waals surface area contributed by atoms with Gasteiger partial charge in [0.25, 0.3) is 0 Å². The summed E-state index contributed by atoms with van der Waals surface area (Å²) in [5.41, 5.74) is 1.48. The van der Waals surface area contributed by atoms with Crippen LogP contribution in [-0.4, -0.2) is 13.1 Å². The summed E-state index contributed by atoms with van der Waals surface area (Å²) in [5.74, 6) is 3.92. The number of hydrogen-bond acceptors (Lipinski definition) is 1. The Morgan fingerprint density at radius 1 is 1.24 bits per heavy atom. The van der Waals surface area contributed by atoms with Gasteiger partial charge < -0.3 is 5.32 Å². The molecule has 1 nitrogen and oxygen atoms in total. The van der Waals surface area contributed by atoms with E-state index in [4.69, 9.17) is 0 Å². The second-order valence-corrected chi connectivity index (χ2v) is 7.99. The van der Waals surface area contributed by atoms with Crippen LogP contribution in [0.5, 0.6) is 0 Å². The second-order valence-electron chi connectivity index (χ2n) is 7.14. The van der Waals surface area contributed by atoms with Gasteiger partial charge in [0, 0.05) is 4.47 Å². The molecule has 2 aliphatic carbocycles. The van der Waals surface area contributed by atoms with Crippen LogP contribution in [0.1, 0.15) is 44.6 Å². The van der Waals surface area contributed by atoms with Gasteiger partial charge in [0.1, 0.15) is 0 Å². The molecule has 21 heavy (non-hydrogen) atoms. The zero-order valence-corrected chi connectivity index (χ0v) is 14.7. The highest BCUT2D eigenvalue weighted by molar-refractivity contribution is 9.10. The SMILES string of the molecule is CCNCC(Cc1ccccc1Br)CC1CC2CCC1C2. The average molecular weight is 350 g/mol. The number of benzene rings is 1. The van der Waals surface area contributed by atoms with Gasteiger partial charge in [-0.1, -0.05) is 47.5 Å². The smallest absolute Gasteiger partial charge is 0.0207 e.